The highest BCUT2D eigenvalue weighted by atomic mass is 32.1. The van der Waals surface area contributed by atoms with Gasteiger partial charge < -0.3 is 10.2 Å². The van der Waals surface area contributed by atoms with Gasteiger partial charge in [-0.05, 0) is 59.5 Å². The number of rotatable bonds is 5. The minimum atomic E-state index is -0.456. The number of carbonyl (C=O) groups excluding carboxylic acids is 2. The SMILES string of the molecule is CC(C)c1ccc(NC(=O)[C@H]2c3ccccc3C(=O)N(C3CCCC3)[C@@H]2c2cccs2)cc1. The van der Waals surface area contributed by atoms with Crippen molar-refractivity contribution in [1.29, 1.82) is 0 Å². The van der Waals surface area contributed by atoms with Crippen LogP contribution in [0.4, 0.5) is 5.69 Å². The van der Waals surface area contributed by atoms with Crippen LogP contribution in [0, 0.1) is 0 Å². The minimum Gasteiger partial charge on any atom is -0.327 e. The van der Waals surface area contributed by atoms with E-state index in [1.807, 2.05) is 52.7 Å². The smallest absolute Gasteiger partial charge is 0.254 e. The van der Waals surface area contributed by atoms with Crippen LogP contribution >= 0.6 is 11.3 Å². The average molecular weight is 459 g/mol. The number of hydrogen-bond acceptors (Lipinski definition) is 3. The lowest BCUT2D eigenvalue weighted by molar-refractivity contribution is -0.119. The fourth-order valence-electron chi connectivity index (χ4n) is 5.35. The van der Waals surface area contributed by atoms with Gasteiger partial charge in [-0.1, -0.05) is 63.1 Å². The van der Waals surface area contributed by atoms with E-state index >= 15 is 0 Å². The van der Waals surface area contributed by atoms with Crippen molar-refractivity contribution in [3.63, 3.8) is 0 Å². The summed E-state index contributed by atoms with van der Waals surface area (Å²) >= 11 is 1.63. The molecule has 4 nitrogen and oxygen atoms in total. The number of anilines is 1. The summed E-state index contributed by atoms with van der Waals surface area (Å²) in [6.07, 6.45) is 4.26. The van der Waals surface area contributed by atoms with Crippen molar-refractivity contribution in [2.75, 3.05) is 5.32 Å². The Bertz CT molecular complexity index is 1130. The number of nitrogens with one attached hydrogen (secondary N) is 1. The molecule has 2 aromatic carbocycles. The third-order valence-corrected chi connectivity index (χ3v) is 8.00. The van der Waals surface area contributed by atoms with Gasteiger partial charge in [0.1, 0.15) is 0 Å². The second-order valence-electron chi connectivity index (χ2n) is 9.44. The number of nitrogens with zero attached hydrogens (tertiary/aromatic N) is 1. The Morgan fingerprint density at radius 2 is 1.73 bits per heavy atom. The summed E-state index contributed by atoms with van der Waals surface area (Å²) in [4.78, 5) is 30.7. The fourth-order valence-corrected chi connectivity index (χ4v) is 6.21. The Labute approximate surface area is 199 Å². The van der Waals surface area contributed by atoms with E-state index in [1.54, 1.807) is 11.3 Å². The summed E-state index contributed by atoms with van der Waals surface area (Å²) in [6, 6.07) is 19.7. The lowest BCUT2D eigenvalue weighted by Crippen LogP contribution is -2.49. The van der Waals surface area contributed by atoms with E-state index < -0.39 is 5.92 Å². The minimum absolute atomic E-state index is 0.0567. The number of hydrogen-bond donors (Lipinski definition) is 1. The number of amides is 2. The van der Waals surface area contributed by atoms with Gasteiger partial charge in [0.2, 0.25) is 5.91 Å². The molecular formula is C28H30N2O2S. The summed E-state index contributed by atoms with van der Waals surface area (Å²) in [5.41, 5.74) is 3.51. The van der Waals surface area contributed by atoms with Crippen LogP contribution in [-0.2, 0) is 4.79 Å². The van der Waals surface area contributed by atoms with Gasteiger partial charge in [-0.2, -0.15) is 0 Å². The van der Waals surface area contributed by atoms with E-state index in [4.69, 9.17) is 0 Å². The van der Waals surface area contributed by atoms with Gasteiger partial charge in [-0.3, -0.25) is 9.59 Å². The van der Waals surface area contributed by atoms with E-state index in [1.165, 1.54) is 5.56 Å². The predicted molar refractivity (Wildman–Crippen MR) is 134 cm³/mol. The predicted octanol–water partition coefficient (Wildman–Crippen LogP) is 6.73. The monoisotopic (exact) mass is 458 g/mol. The lowest BCUT2D eigenvalue weighted by Gasteiger charge is -2.44. The quantitative estimate of drug-likeness (QED) is 0.461. The van der Waals surface area contributed by atoms with Crippen LogP contribution in [0.2, 0.25) is 0 Å². The number of thiophene rings is 1. The highest BCUT2D eigenvalue weighted by Gasteiger charge is 2.47. The number of fused-ring (bicyclic) bond motifs is 1. The molecule has 0 saturated heterocycles. The molecule has 1 aromatic heterocycles. The maximum Gasteiger partial charge on any atom is 0.254 e. The molecule has 2 atom stereocenters. The zero-order chi connectivity index (χ0) is 22.9. The normalized spacial score (nSPS) is 20.8. The van der Waals surface area contributed by atoms with Crippen LogP contribution in [0.1, 0.15) is 83.8 Å². The summed E-state index contributed by atoms with van der Waals surface area (Å²) in [7, 11) is 0. The number of benzene rings is 2. The maximum absolute atomic E-state index is 13.9. The van der Waals surface area contributed by atoms with Crippen molar-refractivity contribution in [1.82, 2.24) is 4.90 Å². The zero-order valence-corrected chi connectivity index (χ0v) is 20.0. The van der Waals surface area contributed by atoms with Crippen LogP contribution in [0.5, 0.6) is 0 Å². The van der Waals surface area contributed by atoms with Gasteiger partial charge in [0.25, 0.3) is 5.91 Å². The molecule has 0 unspecified atom stereocenters. The molecule has 1 aliphatic heterocycles. The fraction of sp³-hybridized carbons (Fsp3) is 0.357. The summed E-state index contributed by atoms with van der Waals surface area (Å²) < 4.78 is 0. The van der Waals surface area contributed by atoms with Crippen molar-refractivity contribution in [2.45, 2.75) is 63.5 Å². The molecule has 0 bridgehead atoms. The molecular weight excluding hydrogens is 428 g/mol. The van der Waals surface area contributed by atoms with Crippen molar-refractivity contribution in [3.8, 4) is 0 Å². The van der Waals surface area contributed by atoms with Gasteiger partial charge in [0, 0.05) is 22.2 Å². The average Bonchev–Trinajstić information content (AvgIpc) is 3.54. The van der Waals surface area contributed by atoms with E-state index in [9.17, 15) is 9.59 Å². The molecule has 1 aliphatic carbocycles. The second-order valence-corrected chi connectivity index (χ2v) is 10.4. The first kappa shape index (κ1) is 21.9. The second kappa shape index (κ2) is 9.14. The molecule has 2 aliphatic rings. The molecule has 33 heavy (non-hydrogen) atoms. The van der Waals surface area contributed by atoms with Crippen molar-refractivity contribution in [2.24, 2.45) is 0 Å². The molecule has 2 heterocycles. The Balaban J connectivity index is 1.56. The van der Waals surface area contributed by atoms with Gasteiger partial charge in [-0.15, -0.1) is 11.3 Å². The number of carbonyl (C=O) groups is 2. The third kappa shape index (κ3) is 4.10. The Morgan fingerprint density at radius 1 is 1.00 bits per heavy atom. The zero-order valence-electron chi connectivity index (χ0n) is 19.2. The molecule has 5 heteroatoms. The Morgan fingerprint density at radius 3 is 2.39 bits per heavy atom. The van der Waals surface area contributed by atoms with E-state index in [2.05, 4.69) is 37.4 Å². The third-order valence-electron chi connectivity index (χ3n) is 7.06. The molecule has 5 rings (SSSR count). The molecule has 1 fully saturated rings. The van der Waals surface area contributed by atoms with Gasteiger partial charge in [0.15, 0.2) is 0 Å². The van der Waals surface area contributed by atoms with Gasteiger partial charge >= 0.3 is 0 Å². The first-order valence-electron chi connectivity index (χ1n) is 11.9. The first-order valence-corrected chi connectivity index (χ1v) is 12.8. The summed E-state index contributed by atoms with van der Waals surface area (Å²) in [6.45, 7) is 4.32. The highest BCUT2D eigenvalue weighted by Crippen LogP contribution is 2.47. The summed E-state index contributed by atoms with van der Waals surface area (Å²) in [5.74, 6) is -0.0213. The largest absolute Gasteiger partial charge is 0.327 e. The van der Waals surface area contributed by atoms with Gasteiger partial charge in [-0.25, -0.2) is 0 Å². The van der Waals surface area contributed by atoms with Crippen molar-refractivity contribution >= 4 is 28.8 Å². The first-order chi connectivity index (χ1) is 16.0. The molecule has 3 aromatic rings. The molecule has 0 radical (unpaired) electrons. The van der Waals surface area contributed by atoms with Crippen LogP contribution in [0.3, 0.4) is 0 Å². The topological polar surface area (TPSA) is 49.4 Å². The van der Waals surface area contributed by atoms with E-state index in [0.717, 1.165) is 41.8 Å². The van der Waals surface area contributed by atoms with Crippen molar-refractivity contribution < 1.29 is 9.59 Å². The highest BCUT2D eigenvalue weighted by molar-refractivity contribution is 7.10. The Hall–Kier alpha value is -2.92. The molecule has 1 saturated carbocycles. The van der Waals surface area contributed by atoms with Crippen LogP contribution in [0.15, 0.2) is 66.0 Å². The molecule has 0 spiro atoms. The standard InChI is InChI=1S/C28H30N2O2S/c1-18(2)19-13-15-20(16-14-19)29-27(31)25-22-10-5-6-11-23(22)28(32)30(21-8-3-4-9-21)26(25)24-12-7-17-33-24/h5-7,10-18,21,25-26H,3-4,8-9H2,1-2H3,(H,29,31)/t25-,26+/m0/s1. The van der Waals surface area contributed by atoms with Crippen LogP contribution in [-0.4, -0.2) is 22.8 Å². The Kier molecular flexibility index (Phi) is 6.07. The lowest BCUT2D eigenvalue weighted by atomic mass is 9.80. The molecule has 2 amide bonds. The summed E-state index contributed by atoms with van der Waals surface area (Å²) in [5, 5.41) is 5.20. The van der Waals surface area contributed by atoms with Crippen molar-refractivity contribution in [3.05, 3.63) is 87.6 Å². The van der Waals surface area contributed by atoms with Crippen LogP contribution in [0.25, 0.3) is 0 Å². The van der Waals surface area contributed by atoms with Gasteiger partial charge in [0.05, 0.1) is 12.0 Å². The maximum atomic E-state index is 13.9. The van der Waals surface area contributed by atoms with E-state index in [0.29, 0.717) is 11.5 Å². The molecule has 170 valence electrons. The van der Waals surface area contributed by atoms with Crippen LogP contribution < -0.4 is 5.32 Å². The van der Waals surface area contributed by atoms with E-state index in [-0.39, 0.29) is 23.9 Å². The molecule has 1 N–H and O–H groups in total.